The Morgan fingerprint density at radius 2 is 1.88 bits per heavy atom. The molecule has 0 saturated carbocycles. The normalized spacial score (nSPS) is 13.8. The Hall–Kier alpha value is -1.10. The van der Waals surface area contributed by atoms with Crippen LogP contribution in [0.4, 0.5) is 17.6 Å². The van der Waals surface area contributed by atoms with Crippen LogP contribution in [0.3, 0.4) is 0 Å². The number of unbranched alkanes of at least 4 members (excludes halogenated alkanes) is 1. The summed E-state index contributed by atoms with van der Waals surface area (Å²) in [4.78, 5) is 0. The Bertz CT molecular complexity index is 373. The molecule has 0 radical (unpaired) electrons. The standard InChI is InChI=1S/C12H15F4N/c1-2-3-4-11(17)8-5-9(12(14,15)16)7-10(13)6-8/h5-7,11H,2-4,17H2,1H3/t11-/m1/s1. The summed E-state index contributed by atoms with van der Waals surface area (Å²) < 4.78 is 50.5. The fourth-order valence-corrected chi connectivity index (χ4v) is 1.58. The van der Waals surface area contributed by atoms with Crippen molar-refractivity contribution in [3.63, 3.8) is 0 Å². The first-order valence-electron chi connectivity index (χ1n) is 5.48. The average Bonchev–Trinajstić information content (AvgIpc) is 2.23. The molecule has 0 aliphatic rings. The first-order valence-corrected chi connectivity index (χ1v) is 5.48. The van der Waals surface area contributed by atoms with Crippen LogP contribution in [-0.4, -0.2) is 0 Å². The van der Waals surface area contributed by atoms with Crippen molar-refractivity contribution in [2.45, 2.75) is 38.4 Å². The van der Waals surface area contributed by atoms with E-state index in [1.165, 1.54) is 0 Å². The van der Waals surface area contributed by atoms with Crippen LogP contribution < -0.4 is 5.73 Å². The molecule has 0 bridgehead atoms. The molecule has 17 heavy (non-hydrogen) atoms. The van der Waals surface area contributed by atoms with Crippen molar-refractivity contribution >= 4 is 0 Å². The van der Waals surface area contributed by atoms with Crippen LogP contribution in [0.5, 0.6) is 0 Å². The number of rotatable bonds is 4. The largest absolute Gasteiger partial charge is 0.416 e. The number of benzene rings is 1. The van der Waals surface area contributed by atoms with E-state index in [0.717, 1.165) is 25.0 Å². The Morgan fingerprint density at radius 1 is 1.24 bits per heavy atom. The van der Waals surface area contributed by atoms with Gasteiger partial charge in [0.15, 0.2) is 0 Å². The molecule has 2 N–H and O–H groups in total. The zero-order chi connectivity index (χ0) is 13.1. The number of alkyl halides is 3. The summed E-state index contributed by atoms with van der Waals surface area (Å²) in [5.41, 5.74) is 4.94. The molecule has 5 heteroatoms. The quantitative estimate of drug-likeness (QED) is 0.801. The maximum absolute atomic E-state index is 13.1. The molecule has 0 fully saturated rings. The predicted octanol–water partition coefficient (Wildman–Crippen LogP) is 4.03. The van der Waals surface area contributed by atoms with E-state index in [1.807, 2.05) is 6.92 Å². The summed E-state index contributed by atoms with van der Waals surface area (Å²) in [5.74, 6) is -0.901. The Morgan fingerprint density at radius 3 is 2.41 bits per heavy atom. The van der Waals surface area contributed by atoms with Gasteiger partial charge in [-0.1, -0.05) is 19.8 Å². The Kier molecular flexibility index (Phi) is 4.51. The topological polar surface area (TPSA) is 26.0 Å². The van der Waals surface area contributed by atoms with Gasteiger partial charge in [-0.25, -0.2) is 4.39 Å². The maximum atomic E-state index is 13.1. The molecule has 1 rings (SSSR count). The Balaban J connectivity index is 2.97. The second-order valence-electron chi connectivity index (χ2n) is 4.02. The van der Waals surface area contributed by atoms with Gasteiger partial charge in [0.2, 0.25) is 0 Å². The molecule has 0 amide bonds. The van der Waals surface area contributed by atoms with Crippen LogP contribution in [-0.2, 0) is 6.18 Å². The van der Waals surface area contributed by atoms with Gasteiger partial charge in [0.25, 0.3) is 0 Å². The number of nitrogens with two attached hydrogens (primary N) is 1. The Labute approximate surface area is 97.6 Å². The third kappa shape index (κ3) is 4.00. The molecule has 1 atom stereocenters. The van der Waals surface area contributed by atoms with Crippen LogP contribution in [0, 0.1) is 5.82 Å². The van der Waals surface area contributed by atoms with E-state index in [1.54, 1.807) is 0 Å². The lowest BCUT2D eigenvalue weighted by atomic mass is 9.99. The van der Waals surface area contributed by atoms with Crippen LogP contribution in [0.2, 0.25) is 0 Å². The molecule has 1 aromatic carbocycles. The highest BCUT2D eigenvalue weighted by molar-refractivity contribution is 5.28. The molecule has 0 heterocycles. The zero-order valence-corrected chi connectivity index (χ0v) is 9.52. The van der Waals surface area contributed by atoms with E-state index < -0.39 is 23.6 Å². The van der Waals surface area contributed by atoms with Crippen molar-refractivity contribution in [3.8, 4) is 0 Å². The summed E-state index contributed by atoms with van der Waals surface area (Å²) >= 11 is 0. The van der Waals surface area contributed by atoms with Gasteiger partial charge in [-0.15, -0.1) is 0 Å². The van der Waals surface area contributed by atoms with Crippen molar-refractivity contribution in [2.24, 2.45) is 5.73 Å². The highest BCUT2D eigenvalue weighted by Crippen LogP contribution is 2.32. The summed E-state index contributed by atoms with van der Waals surface area (Å²) in [7, 11) is 0. The number of hydrogen-bond donors (Lipinski definition) is 1. The van der Waals surface area contributed by atoms with E-state index >= 15 is 0 Å². The highest BCUT2D eigenvalue weighted by atomic mass is 19.4. The molecule has 0 aliphatic heterocycles. The van der Waals surface area contributed by atoms with Gasteiger partial charge < -0.3 is 5.73 Å². The van der Waals surface area contributed by atoms with Gasteiger partial charge in [0.05, 0.1) is 5.56 Å². The molecule has 0 unspecified atom stereocenters. The van der Waals surface area contributed by atoms with Crippen molar-refractivity contribution in [3.05, 3.63) is 35.1 Å². The van der Waals surface area contributed by atoms with Gasteiger partial charge in [0.1, 0.15) is 5.82 Å². The summed E-state index contributed by atoms with van der Waals surface area (Å²) in [5, 5.41) is 0. The van der Waals surface area contributed by atoms with Crippen molar-refractivity contribution in [1.29, 1.82) is 0 Å². The third-order valence-electron chi connectivity index (χ3n) is 2.54. The third-order valence-corrected chi connectivity index (χ3v) is 2.54. The van der Waals surface area contributed by atoms with Gasteiger partial charge in [-0.2, -0.15) is 13.2 Å². The molecule has 1 nitrogen and oxygen atoms in total. The van der Waals surface area contributed by atoms with Gasteiger partial charge in [0, 0.05) is 6.04 Å². The fraction of sp³-hybridized carbons (Fsp3) is 0.500. The van der Waals surface area contributed by atoms with Gasteiger partial charge in [-0.05, 0) is 30.2 Å². The van der Waals surface area contributed by atoms with Crippen molar-refractivity contribution < 1.29 is 17.6 Å². The van der Waals surface area contributed by atoms with Gasteiger partial charge >= 0.3 is 6.18 Å². The van der Waals surface area contributed by atoms with Crippen LogP contribution in [0.1, 0.15) is 43.4 Å². The molecule has 96 valence electrons. The second-order valence-corrected chi connectivity index (χ2v) is 4.02. The van der Waals surface area contributed by atoms with Crippen LogP contribution in [0.15, 0.2) is 18.2 Å². The predicted molar refractivity (Wildman–Crippen MR) is 57.9 cm³/mol. The smallest absolute Gasteiger partial charge is 0.324 e. The minimum atomic E-state index is -4.54. The van der Waals surface area contributed by atoms with E-state index in [4.69, 9.17) is 5.73 Å². The lowest BCUT2D eigenvalue weighted by Crippen LogP contribution is -2.13. The molecule has 0 saturated heterocycles. The minimum absolute atomic E-state index is 0.200. The van der Waals surface area contributed by atoms with Crippen molar-refractivity contribution in [1.82, 2.24) is 0 Å². The van der Waals surface area contributed by atoms with E-state index in [2.05, 4.69) is 0 Å². The van der Waals surface area contributed by atoms with Crippen molar-refractivity contribution in [2.75, 3.05) is 0 Å². The zero-order valence-electron chi connectivity index (χ0n) is 9.52. The number of halogens is 4. The summed E-state index contributed by atoms with van der Waals surface area (Å²) in [6, 6.07) is 1.92. The first-order chi connectivity index (χ1) is 7.84. The van der Waals surface area contributed by atoms with Crippen LogP contribution in [0.25, 0.3) is 0 Å². The monoisotopic (exact) mass is 249 g/mol. The molecule has 1 aromatic rings. The van der Waals surface area contributed by atoms with E-state index in [-0.39, 0.29) is 5.56 Å². The average molecular weight is 249 g/mol. The summed E-state index contributed by atoms with van der Waals surface area (Å²) in [6.45, 7) is 1.96. The van der Waals surface area contributed by atoms with Crippen LogP contribution >= 0.6 is 0 Å². The maximum Gasteiger partial charge on any atom is 0.416 e. The molecular formula is C12H15F4N. The minimum Gasteiger partial charge on any atom is -0.324 e. The van der Waals surface area contributed by atoms with E-state index in [0.29, 0.717) is 12.5 Å². The van der Waals surface area contributed by atoms with Gasteiger partial charge in [-0.3, -0.25) is 0 Å². The lowest BCUT2D eigenvalue weighted by Gasteiger charge is -2.14. The molecule has 0 aromatic heterocycles. The lowest BCUT2D eigenvalue weighted by molar-refractivity contribution is -0.137. The molecule has 0 spiro atoms. The van der Waals surface area contributed by atoms with E-state index in [9.17, 15) is 17.6 Å². The summed E-state index contributed by atoms with van der Waals surface area (Å²) in [6.07, 6.45) is -2.28. The molecular weight excluding hydrogens is 234 g/mol. The fourth-order valence-electron chi connectivity index (χ4n) is 1.58. The number of hydrogen-bond acceptors (Lipinski definition) is 1. The SMILES string of the molecule is CCCC[C@@H](N)c1cc(F)cc(C(F)(F)F)c1. The first kappa shape index (κ1) is 14.0. The second kappa shape index (κ2) is 5.49. The molecule has 0 aliphatic carbocycles. The highest BCUT2D eigenvalue weighted by Gasteiger charge is 2.31.